The third-order valence-corrected chi connectivity index (χ3v) is 4.78. The fourth-order valence-corrected chi connectivity index (χ4v) is 3.45. The van der Waals surface area contributed by atoms with Crippen molar-refractivity contribution >= 4 is 28.4 Å². The van der Waals surface area contributed by atoms with Gasteiger partial charge in [-0.25, -0.2) is 4.98 Å². The van der Waals surface area contributed by atoms with Crippen LogP contribution in [0.5, 0.6) is 0 Å². The number of rotatable bonds is 2. The molecular weight excluding hydrogens is 310 g/mol. The van der Waals surface area contributed by atoms with Crippen molar-refractivity contribution in [1.82, 2.24) is 9.97 Å². The number of hydrogen-bond acceptors (Lipinski definition) is 4. The van der Waals surface area contributed by atoms with Gasteiger partial charge in [0.05, 0.1) is 0 Å². The zero-order chi connectivity index (χ0) is 15.8. The van der Waals surface area contributed by atoms with Gasteiger partial charge in [0, 0.05) is 42.1 Å². The molecule has 0 amide bonds. The van der Waals surface area contributed by atoms with Gasteiger partial charge in [0.2, 0.25) is 0 Å². The Kier molecular flexibility index (Phi) is 3.69. The Labute approximate surface area is 140 Å². The van der Waals surface area contributed by atoms with E-state index in [0.717, 1.165) is 42.9 Å². The number of anilines is 1. The molecule has 4 nitrogen and oxygen atoms in total. The molecule has 0 radical (unpaired) electrons. The van der Waals surface area contributed by atoms with Crippen LogP contribution in [0.4, 0.5) is 5.69 Å². The Bertz CT molecular complexity index is 837. The fourth-order valence-electron chi connectivity index (χ4n) is 3.28. The average molecular weight is 328 g/mol. The Morgan fingerprint density at radius 3 is 2.83 bits per heavy atom. The van der Waals surface area contributed by atoms with Crippen LogP contribution in [0.25, 0.3) is 11.1 Å². The Morgan fingerprint density at radius 2 is 2.04 bits per heavy atom. The number of benzene rings is 1. The minimum atomic E-state index is 0.375. The highest BCUT2D eigenvalue weighted by atomic mass is 35.5. The van der Waals surface area contributed by atoms with Crippen molar-refractivity contribution in [1.29, 1.82) is 0 Å². The minimum absolute atomic E-state index is 0.375. The summed E-state index contributed by atoms with van der Waals surface area (Å²) >= 11 is 6.02. The Morgan fingerprint density at radius 1 is 1.22 bits per heavy atom. The first-order valence-electron chi connectivity index (χ1n) is 7.92. The van der Waals surface area contributed by atoms with Crippen LogP contribution in [0.3, 0.4) is 0 Å². The monoisotopic (exact) mass is 327 g/mol. The number of piperidine rings is 1. The van der Waals surface area contributed by atoms with Crippen LogP contribution in [0.15, 0.2) is 41.1 Å². The predicted octanol–water partition coefficient (Wildman–Crippen LogP) is 4.57. The Balaban J connectivity index is 1.51. The molecule has 1 aliphatic heterocycles. The summed E-state index contributed by atoms with van der Waals surface area (Å²) < 4.78 is 5.93. The summed E-state index contributed by atoms with van der Waals surface area (Å²) in [7, 11) is 0. The van der Waals surface area contributed by atoms with Crippen LogP contribution in [0.2, 0.25) is 5.02 Å². The second kappa shape index (κ2) is 5.85. The average Bonchev–Trinajstić information content (AvgIpc) is 2.98. The lowest BCUT2D eigenvalue weighted by Crippen LogP contribution is -2.33. The van der Waals surface area contributed by atoms with E-state index in [-0.39, 0.29) is 0 Å². The second-order valence-electron chi connectivity index (χ2n) is 6.09. The summed E-state index contributed by atoms with van der Waals surface area (Å²) in [4.78, 5) is 11.2. The first kappa shape index (κ1) is 14.5. The lowest BCUT2D eigenvalue weighted by atomic mass is 9.96. The van der Waals surface area contributed by atoms with Gasteiger partial charge in [-0.05, 0) is 49.6 Å². The number of fused-ring (bicyclic) bond motifs is 1. The summed E-state index contributed by atoms with van der Waals surface area (Å²) in [6, 6.07) is 7.69. The minimum Gasteiger partial charge on any atom is -0.440 e. The van der Waals surface area contributed by atoms with Crippen LogP contribution in [0.1, 0.15) is 30.2 Å². The van der Waals surface area contributed by atoms with Gasteiger partial charge in [-0.1, -0.05) is 11.6 Å². The fraction of sp³-hybridized carbons (Fsp3) is 0.333. The first-order chi connectivity index (χ1) is 11.2. The van der Waals surface area contributed by atoms with Gasteiger partial charge < -0.3 is 9.32 Å². The molecule has 1 aliphatic rings. The van der Waals surface area contributed by atoms with Gasteiger partial charge in [-0.15, -0.1) is 0 Å². The van der Waals surface area contributed by atoms with E-state index in [4.69, 9.17) is 16.0 Å². The second-order valence-corrected chi connectivity index (χ2v) is 6.52. The zero-order valence-corrected chi connectivity index (χ0v) is 13.8. The summed E-state index contributed by atoms with van der Waals surface area (Å²) in [5.74, 6) is 1.22. The van der Waals surface area contributed by atoms with E-state index in [9.17, 15) is 0 Å². The summed E-state index contributed by atoms with van der Waals surface area (Å²) in [6.45, 7) is 4.13. The van der Waals surface area contributed by atoms with Crippen molar-refractivity contribution in [3.63, 3.8) is 0 Å². The van der Waals surface area contributed by atoms with Crippen molar-refractivity contribution in [2.24, 2.45) is 0 Å². The van der Waals surface area contributed by atoms with E-state index in [2.05, 4.69) is 27.9 Å². The first-order valence-corrected chi connectivity index (χ1v) is 8.30. The molecule has 1 aromatic carbocycles. The van der Waals surface area contributed by atoms with Crippen molar-refractivity contribution in [3.05, 3.63) is 53.1 Å². The smallest absolute Gasteiger partial charge is 0.198 e. The van der Waals surface area contributed by atoms with Gasteiger partial charge in [-0.3, -0.25) is 4.98 Å². The molecule has 3 aromatic rings. The van der Waals surface area contributed by atoms with Gasteiger partial charge >= 0.3 is 0 Å². The molecule has 5 heteroatoms. The van der Waals surface area contributed by atoms with Gasteiger partial charge in [0.25, 0.3) is 0 Å². The van der Waals surface area contributed by atoms with Gasteiger partial charge in [0.1, 0.15) is 5.52 Å². The number of oxazole rings is 1. The number of pyridine rings is 1. The summed E-state index contributed by atoms with van der Waals surface area (Å²) in [5, 5.41) is 0.695. The zero-order valence-electron chi connectivity index (χ0n) is 13.0. The quantitative estimate of drug-likeness (QED) is 0.691. The molecule has 1 fully saturated rings. The van der Waals surface area contributed by atoms with E-state index < -0.39 is 0 Å². The third kappa shape index (κ3) is 2.79. The maximum absolute atomic E-state index is 6.02. The van der Waals surface area contributed by atoms with Crippen LogP contribution in [0, 0.1) is 6.92 Å². The highest BCUT2D eigenvalue weighted by Crippen LogP contribution is 2.33. The number of halogens is 1. The van der Waals surface area contributed by atoms with E-state index in [1.807, 2.05) is 30.6 Å². The summed E-state index contributed by atoms with van der Waals surface area (Å²) in [6.07, 6.45) is 5.87. The molecule has 0 unspecified atom stereocenters. The largest absolute Gasteiger partial charge is 0.440 e. The summed E-state index contributed by atoms with van der Waals surface area (Å²) in [5.41, 5.74) is 4.17. The van der Waals surface area contributed by atoms with Gasteiger partial charge in [-0.2, -0.15) is 0 Å². The molecule has 1 saturated heterocycles. The topological polar surface area (TPSA) is 42.2 Å². The molecule has 3 heterocycles. The molecule has 0 aliphatic carbocycles. The maximum Gasteiger partial charge on any atom is 0.198 e. The molecule has 118 valence electrons. The van der Waals surface area contributed by atoms with Crippen LogP contribution in [-0.4, -0.2) is 23.1 Å². The van der Waals surface area contributed by atoms with Crippen LogP contribution >= 0.6 is 11.6 Å². The lowest BCUT2D eigenvalue weighted by molar-refractivity contribution is 0.407. The van der Waals surface area contributed by atoms with Gasteiger partial charge in [0.15, 0.2) is 11.5 Å². The Hall–Kier alpha value is -2.07. The third-order valence-electron chi connectivity index (χ3n) is 4.54. The molecular formula is C18H18ClN3O. The van der Waals surface area contributed by atoms with Crippen molar-refractivity contribution in [2.75, 3.05) is 18.0 Å². The van der Waals surface area contributed by atoms with Crippen molar-refractivity contribution < 1.29 is 4.42 Å². The SMILES string of the molecule is Cc1cnccc1N1CCC(c2nc3cc(Cl)ccc3o2)CC1. The predicted molar refractivity (Wildman–Crippen MR) is 92.2 cm³/mol. The van der Waals surface area contributed by atoms with Crippen LogP contribution in [-0.2, 0) is 0 Å². The number of nitrogens with zero attached hydrogens (tertiary/aromatic N) is 3. The van der Waals surface area contributed by atoms with E-state index in [1.54, 1.807) is 0 Å². The molecule has 0 spiro atoms. The van der Waals surface area contributed by atoms with Crippen molar-refractivity contribution in [2.45, 2.75) is 25.7 Å². The highest BCUT2D eigenvalue weighted by molar-refractivity contribution is 6.31. The number of hydrogen-bond donors (Lipinski definition) is 0. The van der Waals surface area contributed by atoms with Crippen molar-refractivity contribution in [3.8, 4) is 0 Å². The molecule has 0 N–H and O–H groups in total. The maximum atomic E-state index is 6.02. The number of aryl methyl sites for hydroxylation is 1. The molecule has 0 atom stereocenters. The molecule has 2 aromatic heterocycles. The van der Waals surface area contributed by atoms with E-state index in [0.29, 0.717) is 10.9 Å². The molecule has 0 saturated carbocycles. The highest BCUT2D eigenvalue weighted by Gasteiger charge is 2.25. The lowest BCUT2D eigenvalue weighted by Gasteiger charge is -2.33. The molecule has 0 bridgehead atoms. The molecule has 4 rings (SSSR count). The normalized spacial score (nSPS) is 16.2. The molecule has 23 heavy (non-hydrogen) atoms. The van der Waals surface area contributed by atoms with Crippen LogP contribution < -0.4 is 4.90 Å². The standard InChI is InChI=1S/C18H18ClN3O/c1-12-11-20-7-4-16(12)22-8-5-13(6-9-22)18-21-15-10-14(19)2-3-17(15)23-18/h2-4,7,10-11,13H,5-6,8-9H2,1H3. The van der Waals surface area contributed by atoms with E-state index in [1.165, 1.54) is 11.3 Å². The van der Waals surface area contributed by atoms with E-state index >= 15 is 0 Å². The number of aromatic nitrogens is 2.